The fraction of sp³-hybridized carbons (Fsp3) is 0.125. The quantitative estimate of drug-likeness (QED) is 0.483. The van der Waals surface area contributed by atoms with Crippen LogP contribution in [0.5, 0.6) is 0 Å². The second-order valence-corrected chi connectivity index (χ2v) is 2.11. The third kappa shape index (κ3) is 1.88. The van der Waals surface area contributed by atoms with Crippen LogP contribution < -0.4 is 4.90 Å². The fourth-order valence-electron chi connectivity index (χ4n) is 0.769. The summed E-state index contributed by atoms with van der Waals surface area (Å²) in [4.78, 5) is 19.7. The number of carbonyl (C=O) groups is 1. The molecular formula is C8H9N3O. The normalized spacial score (nSPS) is 9.00. The molecule has 1 heterocycles. The molecule has 0 aliphatic carbocycles. The molecule has 62 valence electrons. The second-order valence-electron chi connectivity index (χ2n) is 2.11. The molecule has 1 rings (SSSR count). The van der Waals surface area contributed by atoms with Crippen molar-refractivity contribution in [2.75, 3.05) is 11.4 Å². The van der Waals surface area contributed by atoms with Crippen molar-refractivity contribution in [3.8, 4) is 0 Å². The maximum atomic E-state index is 10.5. The highest BCUT2D eigenvalue weighted by atomic mass is 16.1. The molecule has 0 aliphatic heterocycles. The van der Waals surface area contributed by atoms with Gasteiger partial charge < -0.3 is 0 Å². The van der Waals surface area contributed by atoms with Gasteiger partial charge in [-0.25, -0.2) is 4.98 Å². The summed E-state index contributed by atoms with van der Waals surface area (Å²) in [6.45, 7) is 3.97. The molecule has 0 unspecified atom stereocenters. The number of amides is 1. The molecule has 1 aromatic rings. The lowest BCUT2D eigenvalue weighted by Gasteiger charge is -2.11. The summed E-state index contributed by atoms with van der Waals surface area (Å²) in [5, 5.41) is 0. The van der Waals surface area contributed by atoms with Crippen molar-refractivity contribution in [1.82, 2.24) is 9.97 Å². The number of anilines is 1. The van der Waals surface area contributed by atoms with Crippen molar-refractivity contribution in [2.45, 2.75) is 0 Å². The average molecular weight is 163 g/mol. The van der Waals surface area contributed by atoms with Crippen LogP contribution in [0.3, 0.4) is 0 Å². The third-order valence-corrected chi connectivity index (χ3v) is 1.30. The topological polar surface area (TPSA) is 46.1 Å². The van der Waals surface area contributed by atoms with E-state index in [1.807, 2.05) is 0 Å². The maximum absolute atomic E-state index is 10.5. The number of nitrogens with zero attached hydrogens (tertiary/aromatic N) is 3. The van der Waals surface area contributed by atoms with Gasteiger partial charge in [0.05, 0.1) is 6.20 Å². The van der Waals surface area contributed by atoms with Gasteiger partial charge in [0.25, 0.3) is 0 Å². The maximum Gasteiger partial charge on any atom is 0.215 e. The van der Waals surface area contributed by atoms with Gasteiger partial charge in [0.15, 0.2) is 5.82 Å². The lowest BCUT2D eigenvalue weighted by molar-refractivity contribution is -0.107. The Labute approximate surface area is 70.6 Å². The average Bonchev–Trinajstić information content (AvgIpc) is 2.15. The Hall–Kier alpha value is -1.71. The molecular weight excluding hydrogens is 154 g/mol. The molecule has 0 spiro atoms. The monoisotopic (exact) mass is 163 g/mol. The minimum Gasteiger partial charge on any atom is -0.294 e. The van der Waals surface area contributed by atoms with Crippen LogP contribution in [0.2, 0.25) is 0 Å². The SMILES string of the molecule is C=CCN(C=O)c1cnccn1. The molecule has 4 heteroatoms. The zero-order valence-corrected chi connectivity index (χ0v) is 6.55. The molecule has 0 N–H and O–H groups in total. The van der Waals surface area contributed by atoms with Gasteiger partial charge in [-0.3, -0.25) is 14.7 Å². The Balaban J connectivity index is 2.79. The molecule has 0 bridgehead atoms. The smallest absolute Gasteiger partial charge is 0.215 e. The predicted octanol–water partition coefficient (Wildman–Crippen LogP) is 0.625. The van der Waals surface area contributed by atoms with Gasteiger partial charge in [-0.1, -0.05) is 6.08 Å². The fourth-order valence-corrected chi connectivity index (χ4v) is 0.769. The van der Waals surface area contributed by atoms with E-state index in [4.69, 9.17) is 0 Å². The summed E-state index contributed by atoms with van der Waals surface area (Å²) in [5.74, 6) is 0.535. The van der Waals surface area contributed by atoms with Gasteiger partial charge in [-0.2, -0.15) is 0 Å². The molecule has 0 fully saturated rings. The van der Waals surface area contributed by atoms with Crippen LogP contribution in [0.1, 0.15) is 0 Å². The third-order valence-electron chi connectivity index (χ3n) is 1.30. The van der Waals surface area contributed by atoms with Gasteiger partial charge in [0.2, 0.25) is 6.41 Å². The molecule has 12 heavy (non-hydrogen) atoms. The first-order valence-electron chi connectivity index (χ1n) is 3.47. The molecule has 4 nitrogen and oxygen atoms in total. The number of rotatable bonds is 4. The zero-order chi connectivity index (χ0) is 8.81. The lowest BCUT2D eigenvalue weighted by atomic mass is 10.5. The molecule has 1 aromatic heterocycles. The van der Waals surface area contributed by atoms with Gasteiger partial charge in [0, 0.05) is 18.9 Å². The van der Waals surface area contributed by atoms with Crippen LogP contribution in [0.15, 0.2) is 31.2 Å². The first-order valence-corrected chi connectivity index (χ1v) is 3.47. The van der Waals surface area contributed by atoms with Crippen molar-refractivity contribution >= 4 is 12.2 Å². The highest BCUT2D eigenvalue weighted by Crippen LogP contribution is 2.03. The first kappa shape index (κ1) is 8.39. The van der Waals surface area contributed by atoms with Crippen LogP contribution in [-0.2, 0) is 4.79 Å². The van der Waals surface area contributed by atoms with Gasteiger partial charge in [-0.15, -0.1) is 6.58 Å². The number of aromatic nitrogens is 2. The highest BCUT2D eigenvalue weighted by Gasteiger charge is 2.02. The summed E-state index contributed by atoms with van der Waals surface area (Å²) in [7, 11) is 0. The minimum atomic E-state index is 0.447. The van der Waals surface area contributed by atoms with E-state index in [-0.39, 0.29) is 0 Å². The van der Waals surface area contributed by atoms with Crippen molar-refractivity contribution in [3.05, 3.63) is 31.2 Å². The molecule has 0 radical (unpaired) electrons. The van der Waals surface area contributed by atoms with E-state index in [1.54, 1.807) is 12.3 Å². The molecule has 0 aromatic carbocycles. The van der Waals surface area contributed by atoms with Gasteiger partial charge >= 0.3 is 0 Å². The second kappa shape index (κ2) is 4.23. The Kier molecular flexibility index (Phi) is 2.95. The molecule has 0 saturated carbocycles. The van der Waals surface area contributed by atoms with Gasteiger partial charge in [0.1, 0.15) is 0 Å². The van der Waals surface area contributed by atoms with Crippen LogP contribution in [0.4, 0.5) is 5.82 Å². The standard InChI is InChI=1S/C8H9N3O/c1-2-5-11(7-12)8-6-9-3-4-10-8/h2-4,6-7H,1,5H2. The molecule has 0 atom stereocenters. The van der Waals surface area contributed by atoms with Crippen LogP contribution in [0.25, 0.3) is 0 Å². The number of hydrogen-bond acceptors (Lipinski definition) is 3. The van der Waals surface area contributed by atoms with Crippen LogP contribution in [-0.4, -0.2) is 22.9 Å². The van der Waals surface area contributed by atoms with E-state index in [0.29, 0.717) is 18.8 Å². The van der Waals surface area contributed by atoms with E-state index >= 15 is 0 Å². The first-order chi connectivity index (χ1) is 5.88. The summed E-state index contributed by atoms with van der Waals surface area (Å²) in [6.07, 6.45) is 6.95. The van der Waals surface area contributed by atoms with Crippen molar-refractivity contribution in [1.29, 1.82) is 0 Å². The minimum absolute atomic E-state index is 0.447. The largest absolute Gasteiger partial charge is 0.294 e. The molecule has 0 saturated heterocycles. The van der Waals surface area contributed by atoms with Gasteiger partial charge in [-0.05, 0) is 0 Å². The Bertz CT molecular complexity index is 260. The Morgan fingerprint density at radius 3 is 2.92 bits per heavy atom. The summed E-state index contributed by atoms with van der Waals surface area (Å²) in [5.41, 5.74) is 0. The highest BCUT2D eigenvalue weighted by molar-refractivity contribution is 5.72. The number of hydrogen-bond donors (Lipinski definition) is 0. The molecule has 1 amide bonds. The summed E-state index contributed by atoms with van der Waals surface area (Å²) in [6, 6.07) is 0. The van der Waals surface area contributed by atoms with Crippen LogP contribution in [0, 0.1) is 0 Å². The summed E-state index contributed by atoms with van der Waals surface area (Å²) < 4.78 is 0. The van der Waals surface area contributed by atoms with Crippen molar-refractivity contribution in [2.24, 2.45) is 0 Å². The van der Waals surface area contributed by atoms with Crippen molar-refractivity contribution in [3.63, 3.8) is 0 Å². The lowest BCUT2D eigenvalue weighted by Crippen LogP contribution is -2.21. The summed E-state index contributed by atoms with van der Waals surface area (Å²) >= 11 is 0. The van der Waals surface area contributed by atoms with E-state index in [2.05, 4.69) is 16.5 Å². The number of carbonyl (C=O) groups excluding carboxylic acids is 1. The Morgan fingerprint density at radius 2 is 2.42 bits per heavy atom. The van der Waals surface area contributed by atoms with E-state index in [1.165, 1.54) is 17.3 Å². The van der Waals surface area contributed by atoms with Crippen LogP contribution >= 0.6 is 0 Å². The van der Waals surface area contributed by atoms with E-state index < -0.39 is 0 Å². The van der Waals surface area contributed by atoms with E-state index in [0.717, 1.165) is 0 Å². The Morgan fingerprint density at radius 1 is 1.58 bits per heavy atom. The van der Waals surface area contributed by atoms with Crippen molar-refractivity contribution < 1.29 is 4.79 Å². The predicted molar refractivity (Wildman–Crippen MR) is 45.6 cm³/mol. The van der Waals surface area contributed by atoms with E-state index in [9.17, 15) is 4.79 Å². The zero-order valence-electron chi connectivity index (χ0n) is 6.55. The molecule has 0 aliphatic rings.